The molecule has 0 radical (unpaired) electrons. The van der Waals surface area contributed by atoms with E-state index >= 15 is 0 Å². The highest BCUT2D eigenvalue weighted by Crippen LogP contribution is 2.19. The van der Waals surface area contributed by atoms with Crippen LogP contribution < -0.4 is 5.73 Å². The number of rotatable bonds is 2. The summed E-state index contributed by atoms with van der Waals surface area (Å²) >= 11 is 0. The van der Waals surface area contributed by atoms with Gasteiger partial charge >= 0.3 is 0 Å². The molecule has 1 aliphatic rings. The molecule has 0 unspecified atom stereocenters. The molecule has 14 heavy (non-hydrogen) atoms. The third-order valence-corrected chi connectivity index (χ3v) is 3.12. The first-order valence-corrected chi connectivity index (χ1v) is 5.32. The SMILES string of the molecule is C[C@H](CN)N1CCc2ccccc2C1. The lowest BCUT2D eigenvalue weighted by molar-refractivity contribution is 0.195. The van der Waals surface area contributed by atoms with Crippen molar-refractivity contribution in [2.45, 2.75) is 25.9 Å². The minimum Gasteiger partial charge on any atom is -0.329 e. The molecule has 2 heteroatoms. The van der Waals surface area contributed by atoms with Crippen LogP contribution in [0.25, 0.3) is 0 Å². The number of hydrogen-bond donors (Lipinski definition) is 1. The second-order valence-corrected chi connectivity index (χ2v) is 4.07. The molecule has 0 saturated heterocycles. The molecule has 0 amide bonds. The standard InChI is InChI=1S/C12H18N2/c1-10(8-13)14-7-6-11-4-2-3-5-12(11)9-14/h2-5,10H,6-9,13H2,1H3/t10-/m1/s1. The number of nitrogens with two attached hydrogens (primary N) is 1. The van der Waals surface area contributed by atoms with Crippen LogP contribution in [-0.4, -0.2) is 24.0 Å². The highest BCUT2D eigenvalue weighted by molar-refractivity contribution is 5.29. The monoisotopic (exact) mass is 190 g/mol. The fourth-order valence-electron chi connectivity index (χ4n) is 2.04. The van der Waals surface area contributed by atoms with Crippen molar-refractivity contribution in [3.63, 3.8) is 0 Å². The third-order valence-electron chi connectivity index (χ3n) is 3.12. The lowest BCUT2D eigenvalue weighted by Gasteiger charge is -2.33. The molecule has 1 aromatic rings. The van der Waals surface area contributed by atoms with Gasteiger partial charge in [0.2, 0.25) is 0 Å². The van der Waals surface area contributed by atoms with Gasteiger partial charge in [-0.15, -0.1) is 0 Å². The highest BCUT2D eigenvalue weighted by Gasteiger charge is 2.18. The number of nitrogens with zero attached hydrogens (tertiary/aromatic N) is 1. The lowest BCUT2D eigenvalue weighted by atomic mass is 9.99. The van der Waals surface area contributed by atoms with Crippen molar-refractivity contribution < 1.29 is 0 Å². The van der Waals surface area contributed by atoms with Gasteiger partial charge < -0.3 is 5.73 Å². The van der Waals surface area contributed by atoms with Crippen LogP contribution >= 0.6 is 0 Å². The predicted molar refractivity (Wildman–Crippen MR) is 59.1 cm³/mol. The van der Waals surface area contributed by atoms with Crippen molar-refractivity contribution in [3.8, 4) is 0 Å². The van der Waals surface area contributed by atoms with E-state index in [-0.39, 0.29) is 0 Å². The van der Waals surface area contributed by atoms with Gasteiger partial charge in [-0.25, -0.2) is 0 Å². The van der Waals surface area contributed by atoms with E-state index in [4.69, 9.17) is 5.73 Å². The Kier molecular flexibility index (Phi) is 2.85. The molecule has 2 rings (SSSR count). The Balaban J connectivity index is 2.13. The summed E-state index contributed by atoms with van der Waals surface area (Å²) in [7, 11) is 0. The van der Waals surface area contributed by atoms with Crippen molar-refractivity contribution >= 4 is 0 Å². The first-order chi connectivity index (χ1) is 6.81. The lowest BCUT2D eigenvalue weighted by Crippen LogP contribution is -2.41. The molecule has 0 spiro atoms. The molecule has 1 atom stereocenters. The zero-order valence-corrected chi connectivity index (χ0v) is 8.74. The Labute approximate surface area is 85.7 Å². The summed E-state index contributed by atoms with van der Waals surface area (Å²) in [5, 5.41) is 0. The van der Waals surface area contributed by atoms with Crippen molar-refractivity contribution in [2.75, 3.05) is 13.1 Å². The normalized spacial score (nSPS) is 19.0. The zero-order chi connectivity index (χ0) is 9.97. The molecule has 0 aromatic heterocycles. The van der Waals surface area contributed by atoms with Crippen molar-refractivity contribution in [2.24, 2.45) is 5.73 Å². The van der Waals surface area contributed by atoms with Crippen LogP contribution in [-0.2, 0) is 13.0 Å². The van der Waals surface area contributed by atoms with E-state index in [1.807, 2.05) is 0 Å². The van der Waals surface area contributed by atoms with Gasteiger partial charge in [0.1, 0.15) is 0 Å². The van der Waals surface area contributed by atoms with E-state index < -0.39 is 0 Å². The maximum Gasteiger partial charge on any atom is 0.0239 e. The molecule has 0 fully saturated rings. The van der Waals surface area contributed by atoms with Crippen LogP contribution in [0.4, 0.5) is 0 Å². The summed E-state index contributed by atoms with van der Waals surface area (Å²) in [6, 6.07) is 9.21. The van der Waals surface area contributed by atoms with E-state index in [0.717, 1.165) is 19.6 Å². The molecule has 0 aliphatic carbocycles. The van der Waals surface area contributed by atoms with Crippen molar-refractivity contribution in [1.82, 2.24) is 4.90 Å². The maximum absolute atomic E-state index is 5.68. The summed E-state index contributed by atoms with van der Waals surface area (Å²) in [6.07, 6.45) is 1.17. The highest BCUT2D eigenvalue weighted by atomic mass is 15.2. The second kappa shape index (κ2) is 4.11. The fourth-order valence-corrected chi connectivity index (χ4v) is 2.04. The average molecular weight is 190 g/mol. The third kappa shape index (κ3) is 1.81. The Morgan fingerprint density at radius 1 is 1.36 bits per heavy atom. The predicted octanol–water partition coefficient (Wildman–Crippen LogP) is 1.39. The Morgan fingerprint density at radius 2 is 2.07 bits per heavy atom. The number of hydrogen-bond acceptors (Lipinski definition) is 2. The topological polar surface area (TPSA) is 29.3 Å². The molecule has 0 bridgehead atoms. The van der Waals surface area contributed by atoms with Crippen LogP contribution in [0.15, 0.2) is 24.3 Å². The van der Waals surface area contributed by atoms with Crippen molar-refractivity contribution in [3.05, 3.63) is 35.4 Å². The first-order valence-electron chi connectivity index (χ1n) is 5.32. The molecule has 2 N–H and O–H groups in total. The summed E-state index contributed by atoms with van der Waals surface area (Å²) in [6.45, 7) is 5.17. The van der Waals surface area contributed by atoms with E-state index in [1.165, 1.54) is 17.5 Å². The number of fused-ring (bicyclic) bond motifs is 1. The summed E-state index contributed by atoms with van der Waals surface area (Å²) in [4.78, 5) is 2.46. The average Bonchev–Trinajstić information content (AvgIpc) is 2.27. The zero-order valence-electron chi connectivity index (χ0n) is 8.74. The van der Waals surface area contributed by atoms with Gasteiger partial charge in [-0.3, -0.25) is 4.90 Å². The summed E-state index contributed by atoms with van der Waals surface area (Å²) in [5.74, 6) is 0. The van der Waals surface area contributed by atoms with Gasteiger partial charge in [0.25, 0.3) is 0 Å². The van der Waals surface area contributed by atoms with Crippen LogP contribution in [0.5, 0.6) is 0 Å². The van der Waals surface area contributed by atoms with E-state index in [9.17, 15) is 0 Å². The molecular formula is C12H18N2. The van der Waals surface area contributed by atoms with Gasteiger partial charge in [0, 0.05) is 25.7 Å². The van der Waals surface area contributed by atoms with Gasteiger partial charge in [-0.1, -0.05) is 24.3 Å². The van der Waals surface area contributed by atoms with E-state index in [1.54, 1.807) is 0 Å². The summed E-state index contributed by atoms with van der Waals surface area (Å²) in [5.41, 5.74) is 8.66. The number of benzene rings is 1. The van der Waals surface area contributed by atoms with Gasteiger partial charge in [-0.2, -0.15) is 0 Å². The Hall–Kier alpha value is -0.860. The smallest absolute Gasteiger partial charge is 0.0239 e. The molecular weight excluding hydrogens is 172 g/mol. The maximum atomic E-state index is 5.68. The van der Waals surface area contributed by atoms with E-state index in [0.29, 0.717) is 6.04 Å². The second-order valence-electron chi connectivity index (χ2n) is 4.07. The minimum atomic E-state index is 0.503. The van der Waals surface area contributed by atoms with Gasteiger partial charge in [-0.05, 0) is 24.5 Å². The van der Waals surface area contributed by atoms with E-state index in [2.05, 4.69) is 36.1 Å². The fraction of sp³-hybridized carbons (Fsp3) is 0.500. The molecule has 1 heterocycles. The van der Waals surface area contributed by atoms with Gasteiger partial charge in [0.15, 0.2) is 0 Å². The minimum absolute atomic E-state index is 0.503. The van der Waals surface area contributed by atoms with Crippen LogP contribution in [0.3, 0.4) is 0 Å². The van der Waals surface area contributed by atoms with Crippen LogP contribution in [0.2, 0.25) is 0 Å². The van der Waals surface area contributed by atoms with Crippen LogP contribution in [0, 0.1) is 0 Å². The Morgan fingerprint density at radius 3 is 2.79 bits per heavy atom. The largest absolute Gasteiger partial charge is 0.329 e. The van der Waals surface area contributed by atoms with Gasteiger partial charge in [0.05, 0.1) is 0 Å². The molecule has 1 aromatic carbocycles. The molecule has 1 aliphatic heterocycles. The Bertz CT molecular complexity index is 309. The van der Waals surface area contributed by atoms with Crippen molar-refractivity contribution in [1.29, 1.82) is 0 Å². The first kappa shape index (κ1) is 9.69. The molecule has 0 saturated carbocycles. The van der Waals surface area contributed by atoms with Crippen LogP contribution in [0.1, 0.15) is 18.1 Å². The quantitative estimate of drug-likeness (QED) is 0.763. The molecule has 76 valence electrons. The molecule has 2 nitrogen and oxygen atoms in total. The summed E-state index contributed by atoms with van der Waals surface area (Å²) < 4.78 is 0.